The highest BCUT2D eigenvalue weighted by molar-refractivity contribution is 4.82. The first-order chi connectivity index (χ1) is 10.4. The van der Waals surface area contributed by atoms with Gasteiger partial charge in [0.05, 0.1) is 12.0 Å². The highest BCUT2D eigenvalue weighted by Gasteiger charge is 2.44. The van der Waals surface area contributed by atoms with Gasteiger partial charge in [0.2, 0.25) is 0 Å². The maximum absolute atomic E-state index is 13.0. The predicted molar refractivity (Wildman–Crippen MR) is 79.6 cm³/mol. The van der Waals surface area contributed by atoms with Crippen molar-refractivity contribution in [1.29, 1.82) is 0 Å². The molecule has 2 fully saturated rings. The molecule has 5 heteroatoms. The fraction of sp³-hybridized carbons (Fsp3) is 1.00. The Bertz CT molecular complexity index is 330. The van der Waals surface area contributed by atoms with Gasteiger partial charge in [0.15, 0.2) is 0 Å². The highest BCUT2D eigenvalue weighted by Crippen LogP contribution is 2.42. The number of ether oxygens (including phenoxy) is 2. The van der Waals surface area contributed by atoms with E-state index in [1.54, 1.807) is 7.11 Å². The van der Waals surface area contributed by atoms with Crippen molar-refractivity contribution in [1.82, 2.24) is 0 Å². The Hall–Kier alpha value is -0.290. The first-order valence-electron chi connectivity index (χ1n) is 8.55. The van der Waals surface area contributed by atoms with Crippen molar-refractivity contribution in [2.24, 2.45) is 23.7 Å². The Morgan fingerprint density at radius 2 is 1.73 bits per heavy atom. The summed E-state index contributed by atoms with van der Waals surface area (Å²) in [4.78, 5) is 0. The van der Waals surface area contributed by atoms with Crippen LogP contribution < -0.4 is 0 Å². The maximum atomic E-state index is 13.0. The van der Waals surface area contributed by atoms with Gasteiger partial charge in [-0.2, -0.15) is 13.2 Å². The second-order valence-corrected chi connectivity index (χ2v) is 7.36. The lowest BCUT2D eigenvalue weighted by molar-refractivity contribution is -0.192. The monoisotopic (exact) mass is 322 g/mol. The zero-order valence-corrected chi connectivity index (χ0v) is 13.7. The maximum Gasteiger partial charge on any atom is 0.391 e. The summed E-state index contributed by atoms with van der Waals surface area (Å²) >= 11 is 0. The molecule has 0 bridgehead atoms. The Labute approximate surface area is 131 Å². The average Bonchev–Trinajstić information content (AvgIpc) is 2.44. The molecule has 0 aromatic rings. The largest absolute Gasteiger partial charge is 0.391 e. The first-order valence-corrected chi connectivity index (χ1v) is 8.55. The minimum absolute atomic E-state index is 0.0539. The smallest absolute Gasteiger partial charge is 0.384 e. The second-order valence-electron chi connectivity index (χ2n) is 7.36. The molecule has 0 amide bonds. The van der Waals surface area contributed by atoms with E-state index in [-0.39, 0.29) is 30.8 Å². The van der Waals surface area contributed by atoms with Crippen molar-refractivity contribution in [3.63, 3.8) is 0 Å². The summed E-state index contributed by atoms with van der Waals surface area (Å²) in [5, 5.41) is 0. The Balaban J connectivity index is 1.78. The summed E-state index contributed by atoms with van der Waals surface area (Å²) in [7, 11) is 1.71. The first kappa shape index (κ1) is 18.1. The van der Waals surface area contributed by atoms with Gasteiger partial charge in [-0.3, -0.25) is 0 Å². The molecule has 2 nitrogen and oxygen atoms in total. The molecule has 5 unspecified atom stereocenters. The lowest BCUT2D eigenvalue weighted by Gasteiger charge is -2.36. The van der Waals surface area contributed by atoms with E-state index in [0.29, 0.717) is 12.5 Å². The molecule has 0 spiro atoms. The van der Waals surface area contributed by atoms with Crippen LogP contribution in [0.3, 0.4) is 0 Å². The van der Waals surface area contributed by atoms with Gasteiger partial charge in [-0.1, -0.05) is 13.3 Å². The third kappa shape index (κ3) is 5.41. The van der Waals surface area contributed by atoms with E-state index in [0.717, 1.165) is 32.3 Å². The van der Waals surface area contributed by atoms with Crippen molar-refractivity contribution < 1.29 is 22.6 Å². The SMILES string of the molecule is COCC1CCCC(OCC2CC(C)CC(C(F)(F)F)C2)C1. The molecule has 0 heterocycles. The van der Waals surface area contributed by atoms with Crippen LogP contribution in [0.15, 0.2) is 0 Å². The van der Waals surface area contributed by atoms with Crippen molar-refractivity contribution in [3.8, 4) is 0 Å². The van der Waals surface area contributed by atoms with E-state index in [2.05, 4.69) is 0 Å². The topological polar surface area (TPSA) is 18.5 Å². The van der Waals surface area contributed by atoms with E-state index in [4.69, 9.17) is 9.47 Å². The Morgan fingerprint density at radius 1 is 0.955 bits per heavy atom. The Morgan fingerprint density at radius 3 is 2.41 bits per heavy atom. The highest BCUT2D eigenvalue weighted by atomic mass is 19.4. The molecule has 5 atom stereocenters. The van der Waals surface area contributed by atoms with Crippen molar-refractivity contribution in [3.05, 3.63) is 0 Å². The lowest BCUT2D eigenvalue weighted by atomic mass is 9.76. The van der Waals surface area contributed by atoms with Gasteiger partial charge >= 0.3 is 6.18 Å². The summed E-state index contributed by atoms with van der Waals surface area (Å²) in [6.07, 6.45) is 1.85. The molecule has 2 aliphatic rings. The van der Waals surface area contributed by atoms with Gasteiger partial charge in [0, 0.05) is 20.3 Å². The van der Waals surface area contributed by atoms with Gasteiger partial charge < -0.3 is 9.47 Å². The molecule has 130 valence electrons. The van der Waals surface area contributed by atoms with Gasteiger partial charge in [0.1, 0.15) is 0 Å². The van der Waals surface area contributed by atoms with Crippen LogP contribution >= 0.6 is 0 Å². The van der Waals surface area contributed by atoms with Crippen LogP contribution in [0.25, 0.3) is 0 Å². The Kier molecular flexibility index (Phi) is 6.57. The molecular weight excluding hydrogens is 293 g/mol. The molecule has 0 N–H and O–H groups in total. The quantitative estimate of drug-likeness (QED) is 0.722. The number of halogens is 3. The summed E-state index contributed by atoms with van der Waals surface area (Å²) in [6.45, 7) is 3.18. The molecule has 0 aromatic heterocycles. The fourth-order valence-corrected chi connectivity index (χ4v) is 4.20. The normalized spacial score (nSPS) is 37.2. The zero-order valence-electron chi connectivity index (χ0n) is 13.7. The van der Waals surface area contributed by atoms with Crippen LogP contribution in [-0.4, -0.2) is 32.6 Å². The van der Waals surface area contributed by atoms with E-state index >= 15 is 0 Å². The van der Waals surface area contributed by atoms with Crippen molar-refractivity contribution in [2.45, 2.75) is 64.1 Å². The van der Waals surface area contributed by atoms with E-state index in [1.165, 1.54) is 6.42 Å². The zero-order chi connectivity index (χ0) is 16.2. The van der Waals surface area contributed by atoms with Gasteiger partial charge in [0.25, 0.3) is 0 Å². The third-order valence-corrected chi connectivity index (χ3v) is 5.21. The van der Waals surface area contributed by atoms with Crippen molar-refractivity contribution in [2.75, 3.05) is 20.3 Å². The van der Waals surface area contributed by atoms with E-state index in [1.807, 2.05) is 6.92 Å². The number of hydrogen-bond acceptors (Lipinski definition) is 2. The summed E-state index contributed by atoms with van der Waals surface area (Å²) in [5.74, 6) is -0.408. The van der Waals surface area contributed by atoms with Crippen LogP contribution in [0.4, 0.5) is 13.2 Å². The van der Waals surface area contributed by atoms with Gasteiger partial charge in [-0.25, -0.2) is 0 Å². The minimum atomic E-state index is -4.05. The van der Waals surface area contributed by atoms with Crippen LogP contribution in [0.5, 0.6) is 0 Å². The summed E-state index contributed by atoms with van der Waals surface area (Å²) in [5.41, 5.74) is 0. The molecular formula is C17H29F3O2. The summed E-state index contributed by atoms with van der Waals surface area (Å²) < 4.78 is 50.1. The number of rotatable bonds is 5. The molecule has 2 rings (SSSR count). The fourth-order valence-electron chi connectivity index (χ4n) is 4.20. The van der Waals surface area contributed by atoms with E-state index < -0.39 is 12.1 Å². The molecule has 0 aliphatic heterocycles. The number of methoxy groups -OCH3 is 1. The van der Waals surface area contributed by atoms with Crippen LogP contribution in [-0.2, 0) is 9.47 Å². The lowest BCUT2D eigenvalue weighted by Crippen LogP contribution is -2.35. The molecule has 2 saturated carbocycles. The van der Waals surface area contributed by atoms with E-state index in [9.17, 15) is 13.2 Å². The molecule has 0 radical (unpaired) electrons. The van der Waals surface area contributed by atoms with Crippen LogP contribution in [0.2, 0.25) is 0 Å². The second kappa shape index (κ2) is 8.00. The van der Waals surface area contributed by atoms with Crippen LogP contribution in [0.1, 0.15) is 51.9 Å². The molecule has 0 aromatic carbocycles. The van der Waals surface area contributed by atoms with Crippen molar-refractivity contribution >= 4 is 0 Å². The standard InChI is InChI=1S/C17H29F3O2/c1-12-6-14(8-15(7-12)17(18,19)20)11-22-16-5-3-4-13(9-16)10-21-2/h12-16H,3-11H2,1-2H3. The predicted octanol–water partition coefficient (Wildman–Crippen LogP) is 4.82. The minimum Gasteiger partial charge on any atom is -0.384 e. The molecule has 0 saturated heterocycles. The molecule has 22 heavy (non-hydrogen) atoms. The number of alkyl halides is 3. The van der Waals surface area contributed by atoms with Crippen LogP contribution in [0, 0.1) is 23.7 Å². The number of hydrogen-bond donors (Lipinski definition) is 0. The van der Waals surface area contributed by atoms with Gasteiger partial charge in [-0.15, -0.1) is 0 Å². The third-order valence-electron chi connectivity index (χ3n) is 5.21. The summed E-state index contributed by atoms with van der Waals surface area (Å²) in [6, 6.07) is 0. The molecule has 2 aliphatic carbocycles. The average molecular weight is 322 g/mol. The van der Waals surface area contributed by atoms with Gasteiger partial charge in [-0.05, 0) is 56.3 Å².